The lowest BCUT2D eigenvalue weighted by atomic mass is 9.85. The molecule has 0 spiro atoms. The number of nitrogens with one attached hydrogen (secondary N) is 2. The number of benzene rings is 2. The lowest BCUT2D eigenvalue weighted by Crippen LogP contribution is -2.43. The van der Waals surface area contributed by atoms with Crippen LogP contribution in [-0.4, -0.2) is 36.3 Å². The molecule has 1 aliphatic heterocycles. The van der Waals surface area contributed by atoms with Crippen molar-refractivity contribution in [2.75, 3.05) is 24.4 Å². The Morgan fingerprint density at radius 3 is 2.60 bits per heavy atom. The molecular formula is C24H28N2O3S. The topological polar surface area (TPSA) is 67.4 Å². The largest absolute Gasteiger partial charge is 0.497 e. The monoisotopic (exact) mass is 424 g/mol. The van der Waals surface area contributed by atoms with Crippen LogP contribution < -0.4 is 15.4 Å². The van der Waals surface area contributed by atoms with Crippen molar-refractivity contribution in [1.82, 2.24) is 5.32 Å². The molecule has 0 radical (unpaired) electrons. The highest BCUT2D eigenvalue weighted by Crippen LogP contribution is 2.32. The van der Waals surface area contributed by atoms with Crippen LogP contribution in [0.2, 0.25) is 0 Å². The van der Waals surface area contributed by atoms with Crippen molar-refractivity contribution in [2.24, 2.45) is 0 Å². The van der Waals surface area contributed by atoms with E-state index in [0.717, 1.165) is 29.2 Å². The number of allylic oxidation sites excluding steroid dienone is 1. The third-order valence-electron chi connectivity index (χ3n) is 4.97. The molecule has 0 bridgehead atoms. The molecule has 0 saturated heterocycles. The molecule has 0 atom stereocenters. The average molecular weight is 425 g/mol. The number of fused-ring (bicyclic) bond motifs is 1. The van der Waals surface area contributed by atoms with Crippen molar-refractivity contribution in [3.8, 4) is 5.75 Å². The van der Waals surface area contributed by atoms with E-state index in [2.05, 4.69) is 30.5 Å². The van der Waals surface area contributed by atoms with Gasteiger partial charge in [0.05, 0.1) is 7.11 Å². The molecular weight excluding hydrogens is 396 g/mol. The number of anilines is 1. The van der Waals surface area contributed by atoms with Gasteiger partial charge in [-0.2, -0.15) is 11.8 Å². The van der Waals surface area contributed by atoms with Crippen LogP contribution >= 0.6 is 11.8 Å². The molecule has 3 rings (SSSR count). The number of carbonyl (C=O) groups is 2. The van der Waals surface area contributed by atoms with E-state index in [4.69, 9.17) is 4.74 Å². The Morgan fingerprint density at radius 2 is 1.93 bits per heavy atom. The number of rotatable bonds is 7. The zero-order valence-electron chi connectivity index (χ0n) is 17.9. The van der Waals surface area contributed by atoms with E-state index in [9.17, 15) is 9.59 Å². The molecule has 2 aromatic rings. The second kappa shape index (κ2) is 9.39. The van der Waals surface area contributed by atoms with Crippen LogP contribution in [-0.2, 0) is 11.2 Å². The molecule has 30 heavy (non-hydrogen) atoms. The van der Waals surface area contributed by atoms with Crippen LogP contribution in [0.4, 0.5) is 5.69 Å². The maximum absolute atomic E-state index is 12.9. The minimum absolute atomic E-state index is 0.0234. The molecule has 2 aromatic carbocycles. The minimum atomic E-state index is -0.154. The van der Waals surface area contributed by atoms with Gasteiger partial charge in [0.1, 0.15) is 5.75 Å². The predicted octanol–water partition coefficient (Wildman–Crippen LogP) is 4.53. The number of amides is 1. The number of thioether (sulfide) groups is 1. The maximum Gasteiger partial charge on any atom is 0.225 e. The molecule has 2 N–H and O–H groups in total. The molecule has 0 saturated carbocycles. The van der Waals surface area contributed by atoms with Gasteiger partial charge in [-0.25, -0.2) is 0 Å². The molecule has 1 amide bonds. The zero-order valence-corrected chi connectivity index (χ0v) is 18.7. The first kappa shape index (κ1) is 22.0. The van der Waals surface area contributed by atoms with Crippen LogP contribution in [0.15, 0.2) is 48.5 Å². The zero-order chi connectivity index (χ0) is 21.7. The molecule has 0 aliphatic carbocycles. The Kier molecular flexibility index (Phi) is 6.87. The molecule has 6 heteroatoms. The summed E-state index contributed by atoms with van der Waals surface area (Å²) >= 11 is 1.63. The summed E-state index contributed by atoms with van der Waals surface area (Å²) in [4.78, 5) is 24.8. The fraction of sp³-hybridized carbons (Fsp3) is 0.333. The van der Waals surface area contributed by atoms with Gasteiger partial charge in [-0.1, -0.05) is 6.07 Å². The van der Waals surface area contributed by atoms with Gasteiger partial charge < -0.3 is 15.4 Å². The van der Waals surface area contributed by atoms with Crippen molar-refractivity contribution in [2.45, 2.75) is 32.2 Å². The summed E-state index contributed by atoms with van der Waals surface area (Å²) in [7, 11) is 1.64. The van der Waals surface area contributed by atoms with Gasteiger partial charge in [0.15, 0.2) is 5.78 Å². The van der Waals surface area contributed by atoms with E-state index in [0.29, 0.717) is 17.7 Å². The van der Waals surface area contributed by atoms with Crippen molar-refractivity contribution in [1.29, 1.82) is 0 Å². The van der Waals surface area contributed by atoms with Gasteiger partial charge >= 0.3 is 0 Å². The summed E-state index contributed by atoms with van der Waals surface area (Å²) in [5, 5.41) is 6.34. The first-order valence-electron chi connectivity index (χ1n) is 9.91. The molecule has 1 heterocycles. The number of hydrogen-bond donors (Lipinski definition) is 2. The van der Waals surface area contributed by atoms with Crippen molar-refractivity contribution in [3.05, 3.63) is 65.2 Å². The Balaban J connectivity index is 1.81. The van der Waals surface area contributed by atoms with Crippen molar-refractivity contribution < 1.29 is 14.3 Å². The number of methoxy groups -OCH3 is 1. The smallest absolute Gasteiger partial charge is 0.225 e. The fourth-order valence-electron chi connectivity index (χ4n) is 3.50. The molecule has 1 aliphatic rings. The van der Waals surface area contributed by atoms with E-state index in [1.807, 2.05) is 18.4 Å². The number of ketones is 1. The highest BCUT2D eigenvalue weighted by Gasteiger charge is 2.28. The minimum Gasteiger partial charge on any atom is -0.497 e. The molecule has 5 nitrogen and oxygen atoms in total. The summed E-state index contributed by atoms with van der Waals surface area (Å²) in [5.74, 6) is 1.43. The quantitative estimate of drug-likeness (QED) is 0.505. The lowest BCUT2D eigenvalue weighted by Gasteiger charge is -2.35. The van der Waals surface area contributed by atoms with Gasteiger partial charge in [-0.3, -0.25) is 9.59 Å². The third kappa shape index (κ3) is 5.45. The standard InChI is InChI=1S/C24H28N2O3S/c1-24(2)15-17-7-10-19(29-3)13-20(17)21(26-24)14-22(27)16-5-8-18(9-6-16)25-23(28)11-12-30-4/h5-10,13-14,26H,11-12,15H2,1-4H3,(H,25,28). The Bertz CT molecular complexity index is 965. The van der Waals surface area contributed by atoms with Gasteiger partial charge in [-0.05, 0) is 68.5 Å². The normalized spacial score (nSPS) is 15.8. The fourth-order valence-corrected chi connectivity index (χ4v) is 3.89. The van der Waals surface area contributed by atoms with Crippen LogP contribution in [0.25, 0.3) is 5.70 Å². The van der Waals surface area contributed by atoms with Crippen LogP contribution in [0, 0.1) is 0 Å². The molecule has 0 unspecified atom stereocenters. The lowest BCUT2D eigenvalue weighted by molar-refractivity contribution is -0.115. The van der Waals surface area contributed by atoms with Crippen molar-refractivity contribution >= 4 is 34.8 Å². The first-order valence-corrected chi connectivity index (χ1v) is 11.3. The van der Waals surface area contributed by atoms with E-state index < -0.39 is 0 Å². The van der Waals surface area contributed by atoms with E-state index in [1.54, 1.807) is 49.2 Å². The Labute approximate surface area is 182 Å². The van der Waals surface area contributed by atoms with Gasteiger partial charge in [0.2, 0.25) is 5.91 Å². The van der Waals surface area contributed by atoms with Crippen molar-refractivity contribution in [3.63, 3.8) is 0 Å². The maximum atomic E-state index is 12.9. The average Bonchev–Trinajstić information content (AvgIpc) is 2.71. The third-order valence-corrected chi connectivity index (χ3v) is 5.59. The predicted molar refractivity (Wildman–Crippen MR) is 124 cm³/mol. The highest BCUT2D eigenvalue weighted by molar-refractivity contribution is 7.98. The van der Waals surface area contributed by atoms with Crippen LogP contribution in [0.5, 0.6) is 5.75 Å². The molecule has 0 fully saturated rings. The van der Waals surface area contributed by atoms with E-state index in [1.165, 1.54) is 5.56 Å². The van der Waals surface area contributed by atoms with Gasteiger partial charge in [0.25, 0.3) is 0 Å². The second-order valence-electron chi connectivity index (χ2n) is 8.00. The van der Waals surface area contributed by atoms with Crippen LogP contribution in [0.1, 0.15) is 41.8 Å². The number of ether oxygens (including phenoxy) is 1. The summed E-state index contributed by atoms with van der Waals surface area (Å²) in [5.41, 5.74) is 4.07. The first-order chi connectivity index (χ1) is 14.3. The summed E-state index contributed by atoms with van der Waals surface area (Å²) in [6, 6.07) is 13.0. The number of carbonyl (C=O) groups excluding carboxylic acids is 2. The Morgan fingerprint density at radius 1 is 1.20 bits per heavy atom. The molecule has 0 aromatic heterocycles. The SMILES string of the molecule is COc1ccc2c(c1)C(=CC(=O)c1ccc(NC(=O)CCSC)cc1)NC(C)(C)C2. The van der Waals surface area contributed by atoms with Gasteiger partial charge in [-0.15, -0.1) is 0 Å². The number of hydrogen-bond acceptors (Lipinski definition) is 5. The summed E-state index contributed by atoms with van der Waals surface area (Å²) in [6.07, 6.45) is 4.95. The van der Waals surface area contributed by atoms with E-state index >= 15 is 0 Å². The molecule has 158 valence electrons. The second-order valence-corrected chi connectivity index (χ2v) is 8.98. The summed E-state index contributed by atoms with van der Waals surface area (Å²) < 4.78 is 5.36. The van der Waals surface area contributed by atoms with Gasteiger partial charge in [0, 0.05) is 46.3 Å². The Hall–Kier alpha value is -2.73. The highest BCUT2D eigenvalue weighted by atomic mass is 32.2. The van der Waals surface area contributed by atoms with Crippen LogP contribution in [0.3, 0.4) is 0 Å². The van der Waals surface area contributed by atoms with E-state index in [-0.39, 0.29) is 17.2 Å². The summed E-state index contributed by atoms with van der Waals surface area (Å²) in [6.45, 7) is 4.24.